The number of rotatable bonds is 4. The smallest absolute Gasteiger partial charge is 0.0227 e. The molecule has 0 radical (unpaired) electrons. The van der Waals surface area contributed by atoms with E-state index in [4.69, 9.17) is 0 Å². The van der Waals surface area contributed by atoms with Crippen LogP contribution >= 0.6 is 0 Å². The Morgan fingerprint density at radius 2 is 2.18 bits per heavy atom. The fourth-order valence-corrected chi connectivity index (χ4v) is 0.891. The van der Waals surface area contributed by atoms with Crippen molar-refractivity contribution in [3.8, 4) is 0 Å². The van der Waals surface area contributed by atoms with E-state index in [0.29, 0.717) is 5.92 Å². The highest BCUT2D eigenvalue weighted by Gasteiger charge is 1.90. The maximum absolute atomic E-state index is 3.79. The molecule has 0 aromatic rings. The summed E-state index contributed by atoms with van der Waals surface area (Å²) in [6.07, 6.45) is 9.66. The van der Waals surface area contributed by atoms with E-state index < -0.39 is 0 Å². The van der Waals surface area contributed by atoms with Crippen molar-refractivity contribution >= 4 is 0 Å². The van der Waals surface area contributed by atoms with Gasteiger partial charge in [-0.1, -0.05) is 43.4 Å². The lowest BCUT2D eigenvalue weighted by Crippen LogP contribution is -1.84. The Balaban J connectivity index is 3.61. The lowest BCUT2D eigenvalue weighted by Gasteiger charge is -1.99. The van der Waals surface area contributed by atoms with Gasteiger partial charge in [-0.15, -0.1) is 0 Å². The second kappa shape index (κ2) is 5.96. The minimum Gasteiger partial charge on any atom is -0.0961 e. The quantitative estimate of drug-likeness (QED) is 0.423. The molecule has 0 aliphatic heterocycles. The molecule has 1 atom stereocenters. The molecule has 0 aromatic carbocycles. The van der Waals surface area contributed by atoms with Gasteiger partial charge in [0, 0.05) is 0 Å². The SMILES string of the molecule is C=C(C)/C=C/CC(C)/C=C/C. The highest BCUT2D eigenvalue weighted by molar-refractivity contribution is 5.11. The van der Waals surface area contributed by atoms with Crippen LogP contribution in [0.1, 0.15) is 27.2 Å². The molecule has 0 rings (SSSR count). The van der Waals surface area contributed by atoms with Gasteiger partial charge in [0.2, 0.25) is 0 Å². The van der Waals surface area contributed by atoms with Gasteiger partial charge in [-0.2, -0.15) is 0 Å². The molecule has 0 aromatic heterocycles. The summed E-state index contributed by atoms with van der Waals surface area (Å²) in [5.41, 5.74) is 1.12. The Labute approximate surface area is 70.3 Å². The first-order valence-corrected chi connectivity index (χ1v) is 4.11. The molecule has 0 spiro atoms. The lowest BCUT2D eigenvalue weighted by atomic mass is 10.1. The largest absolute Gasteiger partial charge is 0.0961 e. The van der Waals surface area contributed by atoms with Crippen LogP contribution < -0.4 is 0 Å². The zero-order valence-corrected chi connectivity index (χ0v) is 7.80. The normalized spacial score (nSPS) is 14.5. The van der Waals surface area contributed by atoms with Gasteiger partial charge in [-0.25, -0.2) is 0 Å². The third-order valence-electron chi connectivity index (χ3n) is 1.43. The summed E-state index contributed by atoms with van der Waals surface area (Å²) in [5.74, 6) is 0.649. The zero-order valence-electron chi connectivity index (χ0n) is 7.80. The van der Waals surface area contributed by atoms with Crippen LogP contribution in [0, 0.1) is 5.92 Å². The predicted molar refractivity (Wildman–Crippen MR) is 52.5 cm³/mol. The third-order valence-corrected chi connectivity index (χ3v) is 1.43. The van der Waals surface area contributed by atoms with Crippen molar-refractivity contribution in [2.45, 2.75) is 27.2 Å². The monoisotopic (exact) mass is 150 g/mol. The number of hydrogen-bond acceptors (Lipinski definition) is 0. The highest BCUT2D eigenvalue weighted by atomic mass is 14.0. The van der Waals surface area contributed by atoms with E-state index >= 15 is 0 Å². The van der Waals surface area contributed by atoms with Crippen molar-refractivity contribution in [1.82, 2.24) is 0 Å². The molecule has 1 unspecified atom stereocenters. The first-order valence-electron chi connectivity index (χ1n) is 4.11. The van der Waals surface area contributed by atoms with E-state index in [1.165, 1.54) is 0 Å². The van der Waals surface area contributed by atoms with Gasteiger partial charge in [0.15, 0.2) is 0 Å². The summed E-state index contributed by atoms with van der Waals surface area (Å²) in [6, 6.07) is 0. The van der Waals surface area contributed by atoms with Crippen LogP contribution in [-0.2, 0) is 0 Å². The Bertz CT molecular complexity index is 161. The maximum atomic E-state index is 3.79. The van der Waals surface area contributed by atoms with Crippen LogP contribution in [0.4, 0.5) is 0 Å². The molecular formula is C11H18. The molecule has 0 N–H and O–H groups in total. The fourth-order valence-electron chi connectivity index (χ4n) is 0.891. The molecule has 0 amide bonds. The molecule has 0 heterocycles. The van der Waals surface area contributed by atoms with E-state index in [1.54, 1.807) is 0 Å². The van der Waals surface area contributed by atoms with Crippen LogP contribution in [-0.4, -0.2) is 0 Å². The van der Waals surface area contributed by atoms with Crippen molar-refractivity contribution in [2.75, 3.05) is 0 Å². The van der Waals surface area contributed by atoms with Crippen LogP contribution in [0.15, 0.2) is 36.5 Å². The highest BCUT2D eigenvalue weighted by Crippen LogP contribution is 2.05. The van der Waals surface area contributed by atoms with Crippen molar-refractivity contribution in [2.24, 2.45) is 5.92 Å². The first kappa shape index (κ1) is 10.2. The van der Waals surface area contributed by atoms with Gasteiger partial charge in [-0.05, 0) is 26.2 Å². The summed E-state index contributed by atoms with van der Waals surface area (Å²) in [6.45, 7) is 10.1. The average Bonchev–Trinajstić information content (AvgIpc) is 1.87. The standard InChI is InChI=1S/C11H18/c1-5-7-11(4)9-6-8-10(2)3/h5-8,11H,2,9H2,1,3-4H3/b7-5+,8-6+. The molecule has 0 aliphatic rings. The molecule has 0 aliphatic carbocycles. The lowest BCUT2D eigenvalue weighted by molar-refractivity contribution is 0.743. The molecule has 11 heavy (non-hydrogen) atoms. The Morgan fingerprint density at radius 1 is 1.55 bits per heavy atom. The molecule has 0 nitrogen and oxygen atoms in total. The van der Waals surface area contributed by atoms with E-state index in [0.717, 1.165) is 12.0 Å². The van der Waals surface area contributed by atoms with Crippen molar-refractivity contribution < 1.29 is 0 Å². The number of allylic oxidation sites excluding steroid dienone is 5. The molecule has 0 saturated heterocycles. The minimum absolute atomic E-state index is 0.649. The van der Waals surface area contributed by atoms with Gasteiger partial charge in [-0.3, -0.25) is 0 Å². The van der Waals surface area contributed by atoms with Crippen LogP contribution in [0.25, 0.3) is 0 Å². The third kappa shape index (κ3) is 7.11. The van der Waals surface area contributed by atoms with E-state index in [1.807, 2.05) is 6.92 Å². The van der Waals surface area contributed by atoms with Crippen molar-refractivity contribution in [3.05, 3.63) is 36.5 Å². The second-order valence-corrected chi connectivity index (χ2v) is 2.99. The molecule has 0 saturated carbocycles. The fraction of sp³-hybridized carbons (Fsp3) is 0.455. The Morgan fingerprint density at radius 3 is 2.64 bits per heavy atom. The van der Waals surface area contributed by atoms with Gasteiger partial charge in [0.05, 0.1) is 0 Å². The maximum Gasteiger partial charge on any atom is -0.0227 e. The van der Waals surface area contributed by atoms with Crippen LogP contribution in [0.5, 0.6) is 0 Å². The topological polar surface area (TPSA) is 0 Å². The number of hydrogen-bond donors (Lipinski definition) is 0. The summed E-state index contributed by atoms with van der Waals surface area (Å²) >= 11 is 0. The first-order chi connectivity index (χ1) is 5.16. The Kier molecular flexibility index (Phi) is 5.54. The van der Waals surface area contributed by atoms with Crippen molar-refractivity contribution in [3.63, 3.8) is 0 Å². The molecule has 62 valence electrons. The Hall–Kier alpha value is -0.780. The summed E-state index contributed by atoms with van der Waals surface area (Å²) < 4.78 is 0. The summed E-state index contributed by atoms with van der Waals surface area (Å²) in [5, 5.41) is 0. The van der Waals surface area contributed by atoms with E-state index in [2.05, 4.69) is 44.7 Å². The van der Waals surface area contributed by atoms with Gasteiger partial charge in [0.1, 0.15) is 0 Å². The average molecular weight is 150 g/mol. The summed E-state index contributed by atoms with van der Waals surface area (Å²) in [7, 11) is 0. The van der Waals surface area contributed by atoms with Gasteiger partial charge >= 0.3 is 0 Å². The molecule has 0 bridgehead atoms. The van der Waals surface area contributed by atoms with Gasteiger partial charge in [0.25, 0.3) is 0 Å². The minimum atomic E-state index is 0.649. The van der Waals surface area contributed by atoms with Gasteiger partial charge < -0.3 is 0 Å². The predicted octanol–water partition coefficient (Wildman–Crippen LogP) is 3.72. The van der Waals surface area contributed by atoms with Crippen LogP contribution in [0.3, 0.4) is 0 Å². The van der Waals surface area contributed by atoms with E-state index in [-0.39, 0.29) is 0 Å². The van der Waals surface area contributed by atoms with Crippen molar-refractivity contribution in [1.29, 1.82) is 0 Å². The molecular weight excluding hydrogens is 132 g/mol. The van der Waals surface area contributed by atoms with E-state index in [9.17, 15) is 0 Å². The van der Waals surface area contributed by atoms with Crippen LogP contribution in [0.2, 0.25) is 0 Å². The zero-order chi connectivity index (χ0) is 8.69. The molecule has 0 fully saturated rings. The molecule has 0 heteroatoms. The second-order valence-electron chi connectivity index (χ2n) is 2.99. The summed E-state index contributed by atoms with van der Waals surface area (Å²) in [4.78, 5) is 0.